The van der Waals surface area contributed by atoms with E-state index in [0.717, 1.165) is 0 Å². The Bertz CT molecular complexity index is 939. The summed E-state index contributed by atoms with van der Waals surface area (Å²) < 4.78 is 1.42. The fraction of sp³-hybridized carbons (Fsp3) is 0.167. The minimum Gasteiger partial charge on any atom is -0.342 e. The number of carbonyl (C=O) groups is 1. The molecule has 2 heterocycles. The SMILES string of the molecule is CC(NC(=O)c1ccccc1)c1nc(-c2ccncn2)cc(=O)n1C. The van der Waals surface area contributed by atoms with Crippen LogP contribution in [0.3, 0.4) is 0 Å². The third-order valence-corrected chi connectivity index (χ3v) is 3.78. The molecule has 1 N–H and O–H groups in total. The highest BCUT2D eigenvalue weighted by atomic mass is 16.2. The Morgan fingerprint density at radius 2 is 1.92 bits per heavy atom. The molecule has 7 nitrogen and oxygen atoms in total. The van der Waals surface area contributed by atoms with Crippen molar-refractivity contribution < 1.29 is 4.79 Å². The molecule has 0 saturated heterocycles. The zero-order valence-corrected chi connectivity index (χ0v) is 13.9. The highest BCUT2D eigenvalue weighted by Crippen LogP contribution is 2.15. The summed E-state index contributed by atoms with van der Waals surface area (Å²) in [5, 5.41) is 2.87. The average molecular weight is 335 g/mol. The van der Waals surface area contributed by atoms with Crippen LogP contribution in [0.15, 0.2) is 59.8 Å². The van der Waals surface area contributed by atoms with Crippen LogP contribution in [-0.2, 0) is 7.05 Å². The molecular formula is C18H17N5O2. The van der Waals surface area contributed by atoms with E-state index >= 15 is 0 Å². The molecular weight excluding hydrogens is 318 g/mol. The van der Waals surface area contributed by atoms with Crippen LogP contribution in [0.25, 0.3) is 11.4 Å². The maximum atomic E-state index is 12.3. The summed E-state index contributed by atoms with van der Waals surface area (Å²) in [6, 6.07) is 11.5. The number of hydrogen-bond acceptors (Lipinski definition) is 5. The summed E-state index contributed by atoms with van der Waals surface area (Å²) in [6.07, 6.45) is 2.98. The quantitative estimate of drug-likeness (QED) is 0.784. The molecule has 0 saturated carbocycles. The fourth-order valence-corrected chi connectivity index (χ4v) is 2.45. The van der Waals surface area contributed by atoms with E-state index in [1.54, 1.807) is 50.5 Å². The lowest BCUT2D eigenvalue weighted by Gasteiger charge is -2.17. The van der Waals surface area contributed by atoms with Crippen LogP contribution in [0.4, 0.5) is 0 Å². The number of carbonyl (C=O) groups excluding carboxylic acids is 1. The van der Waals surface area contributed by atoms with Crippen LogP contribution < -0.4 is 10.9 Å². The molecule has 126 valence electrons. The largest absolute Gasteiger partial charge is 0.342 e. The van der Waals surface area contributed by atoms with E-state index in [9.17, 15) is 9.59 Å². The molecule has 1 unspecified atom stereocenters. The summed E-state index contributed by atoms with van der Waals surface area (Å²) in [4.78, 5) is 37.1. The number of amides is 1. The van der Waals surface area contributed by atoms with Gasteiger partial charge in [0.15, 0.2) is 0 Å². The lowest BCUT2D eigenvalue weighted by Crippen LogP contribution is -2.32. The summed E-state index contributed by atoms with van der Waals surface area (Å²) >= 11 is 0. The molecule has 1 atom stereocenters. The van der Waals surface area contributed by atoms with Gasteiger partial charge in [0.05, 0.1) is 17.4 Å². The van der Waals surface area contributed by atoms with E-state index in [1.807, 2.05) is 6.07 Å². The highest BCUT2D eigenvalue weighted by molar-refractivity contribution is 5.94. The number of aromatic nitrogens is 4. The first kappa shape index (κ1) is 16.5. The van der Waals surface area contributed by atoms with Gasteiger partial charge in [-0.25, -0.2) is 15.0 Å². The molecule has 0 bridgehead atoms. The molecule has 1 amide bonds. The van der Waals surface area contributed by atoms with Crippen LogP contribution in [-0.4, -0.2) is 25.4 Å². The maximum absolute atomic E-state index is 12.3. The first-order chi connectivity index (χ1) is 12.1. The van der Waals surface area contributed by atoms with E-state index in [2.05, 4.69) is 20.3 Å². The van der Waals surface area contributed by atoms with Gasteiger partial charge in [-0.15, -0.1) is 0 Å². The van der Waals surface area contributed by atoms with Crippen molar-refractivity contribution in [3.8, 4) is 11.4 Å². The zero-order chi connectivity index (χ0) is 17.8. The molecule has 0 aliphatic carbocycles. The Balaban J connectivity index is 1.92. The minimum atomic E-state index is -0.452. The molecule has 2 aromatic heterocycles. The van der Waals surface area contributed by atoms with Gasteiger partial charge < -0.3 is 5.32 Å². The van der Waals surface area contributed by atoms with Gasteiger partial charge in [-0.2, -0.15) is 0 Å². The summed E-state index contributed by atoms with van der Waals surface area (Å²) in [7, 11) is 1.62. The van der Waals surface area contributed by atoms with Crippen molar-refractivity contribution in [1.82, 2.24) is 24.8 Å². The summed E-state index contributed by atoms with van der Waals surface area (Å²) in [6.45, 7) is 1.78. The predicted octanol–water partition coefficient (Wildman–Crippen LogP) is 1.73. The van der Waals surface area contributed by atoms with Gasteiger partial charge in [0.2, 0.25) is 0 Å². The van der Waals surface area contributed by atoms with Crippen molar-refractivity contribution in [2.24, 2.45) is 7.05 Å². The summed E-state index contributed by atoms with van der Waals surface area (Å²) in [5.41, 5.74) is 1.32. The normalized spacial score (nSPS) is 11.8. The lowest BCUT2D eigenvalue weighted by molar-refractivity contribution is 0.0937. The second-order valence-electron chi connectivity index (χ2n) is 5.55. The van der Waals surface area contributed by atoms with Crippen LogP contribution in [0.1, 0.15) is 29.1 Å². The molecule has 0 aliphatic rings. The van der Waals surface area contributed by atoms with Crippen LogP contribution in [0.5, 0.6) is 0 Å². The molecule has 0 spiro atoms. The highest BCUT2D eigenvalue weighted by Gasteiger charge is 2.17. The van der Waals surface area contributed by atoms with E-state index in [4.69, 9.17) is 0 Å². The van der Waals surface area contributed by atoms with Crippen LogP contribution in [0.2, 0.25) is 0 Å². The Kier molecular flexibility index (Phi) is 4.65. The van der Waals surface area contributed by atoms with E-state index in [0.29, 0.717) is 22.8 Å². The molecule has 0 radical (unpaired) electrons. The number of rotatable bonds is 4. The maximum Gasteiger partial charge on any atom is 0.253 e. The van der Waals surface area contributed by atoms with Crippen molar-refractivity contribution >= 4 is 5.91 Å². The monoisotopic (exact) mass is 335 g/mol. The van der Waals surface area contributed by atoms with Crippen molar-refractivity contribution in [3.05, 3.63) is 76.7 Å². The van der Waals surface area contributed by atoms with Gasteiger partial charge in [-0.1, -0.05) is 18.2 Å². The molecule has 0 aliphatic heterocycles. The van der Waals surface area contributed by atoms with Crippen LogP contribution >= 0.6 is 0 Å². The smallest absolute Gasteiger partial charge is 0.253 e. The first-order valence-corrected chi connectivity index (χ1v) is 7.76. The Hall–Kier alpha value is -3.35. The lowest BCUT2D eigenvalue weighted by atomic mass is 10.2. The average Bonchev–Trinajstić information content (AvgIpc) is 2.65. The second kappa shape index (κ2) is 7.04. The van der Waals surface area contributed by atoms with Gasteiger partial charge in [0, 0.05) is 24.9 Å². The fourth-order valence-electron chi connectivity index (χ4n) is 2.45. The molecule has 25 heavy (non-hydrogen) atoms. The van der Waals surface area contributed by atoms with Gasteiger partial charge in [0.25, 0.3) is 11.5 Å². The van der Waals surface area contributed by atoms with E-state index < -0.39 is 6.04 Å². The summed E-state index contributed by atoms with van der Waals surface area (Å²) in [5.74, 6) is 0.222. The Labute approximate surface area is 144 Å². The van der Waals surface area contributed by atoms with E-state index in [1.165, 1.54) is 17.0 Å². The van der Waals surface area contributed by atoms with Gasteiger partial charge in [-0.05, 0) is 25.1 Å². The topological polar surface area (TPSA) is 89.8 Å². The number of hydrogen-bond donors (Lipinski definition) is 1. The molecule has 0 fully saturated rings. The number of nitrogens with zero attached hydrogens (tertiary/aromatic N) is 4. The minimum absolute atomic E-state index is 0.223. The van der Waals surface area contributed by atoms with Crippen molar-refractivity contribution in [1.29, 1.82) is 0 Å². The molecule has 3 aromatic rings. The van der Waals surface area contributed by atoms with Crippen molar-refractivity contribution in [3.63, 3.8) is 0 Å². The molecule has 7 heteroatoms. The Morgan fingerprint density at radius 1 is 1.16 bits per heavy atom. The second-order valence-corrected chi connectivity index (χ2v) is 5.55. The van der Waals surface area contributed by atoms with Gasteiger partial charge in [0.1, 0.15) is 12.2 Å². The molecule has 3 rings (SSSR count). The number of benzene rings is 1. The first-order valence-electron chi connectivity index (χ1n) is 7.76. The molecule has 1 aromatic carbocycles. The van der Waals surface area contributed by atoms with Crippen molar-refractivity contribution in [2.75, 3.05) is 0 Å². The standard InChI is InChI=1S/C18H17N5O2/c1-12(21-18(25)13-6-4-3-5-7-13)17-22-15(10-16(24)23(17)2)14-8-9-19-11-20-14/h3-12H,1-2H3,(H,21,25). The number of nitrogens with one attached hydrogen (secondary N) is 1. The van der Waals surface area contributed by atoms with Gasteiger partial charge >= 0.3 is 0 Å². The van der Waals surface area contributed by atoms with E-state index in [-0.39, 0.29) is 11.5 Å². The Morgan fingerprint density at radius 3 is 2.60 bits per heavy atom. The van der Waals surface area contributed by atoms with Crippen molar-refractivity contribution in [2.45, 2.75) is 13.0 Å². The zero-order valence-electron chi connectivity index (χ0n) is 13.9. The third-order valence-electron chi connectivity index (χ3n) is 3.78. The third kappa shape index (κ3) is 3.60. The predicted molar refractivity (Wildman–Crippen MR) is 92.8 cm³/mol. The van der Waals surface area contributed by atoms with Crippen LogP contribution in [0, 0.1) is 0 Å². The van der Waals surface area contributed by atoms with Gasteiger partial charge in [-0.3, -0.25) is 14.2 Å².